The molecule has 1 N–H and O–H groups in total. The van der Waals surface area contributed by atoms with Crippen LogP contribution in [0.2, 0.25) is 0 Å². The zero-order valence-electron chi connectivity index (χ0n) is 16.9. The lowest BCUT2D eigenvalue weighted by Gasteiger charge is -2.26. The number of fused-ring (bicyclic) bond motifs is 1. The van der Waals surface area contributed by atoms with Gasteiger partial charge in [0.25, 0.3) is 0 Å². The fraction of sp³-hybridized carbons (Fsp3) is 0.381. The third-order valence-corrected chi connectivity index (χ3v) is 7.15. The first-order chi connectivity index (χ1) is 14.4. The molecule has 2 aromatic carbocycles. The Labute approximate surface area is 175 Å². The van der Waals surface area contributed by atoms with Gasteiger partial charge in [-0.25, -0.2) is 8.42 Å². The molecule has 0 saturated carbocycles. The van der Waals surface area contributed by atoms with Crippen molar-refractivity contribution in [3.05, 3.63) is 42.0 Å². The number of ether oxygens (including phenoxy) is 3. The van der Waals surface area contributed by atoms with Gasteiger partial charge in [-0.3, -0.25) is 4.79 Å². The molecule has 1 unspecified atom stereocenters. The van der Waals surface area contributed by atoms with Gasteiger partial charge in [0.05, 0.1) is 23.7 Å². The van der Waals surface area contributed by atoms with Crippen LogP contribution < -0.4 is 19.5 Å². The molecule has 1 atom stereocenters. The number of nitrogens with zero attached hydrogens (tertiary/aromatic N) is 1. The molecule has 8 nitrogen and oxygen atoms in total. The summed E-state index contributed by atoms with van der Waals surface area (Å²) < 4.78 is 44.9. The second-order valence-electron chi connectivity index (χ2n) is 7.22. The zero-order chi connectivity index (χ0) is 21.3. The summed E-state index contributed by atoms with van der Waals surface area (Å²) in [6.07, 6.45) is 1.49. The van der Waals surface area contributed by atoms with Crippen LogP contribution in [0.3, 0.4) is 0 Å². The van der Waals surface area contributed by atoms with Crippen molar-refractivity contribution in [2.24, 2.45) is 0 Å². The SMILES string of the molecule is COc1cc(S(=O)(=O)N2CCCC2c2ccc3c(c2)OCCO3)ccc1NC(C)=O. The number of sulfonamides is 1. The average molecular weight is 432 g/mol. The molecule has 0 bridgehead atoms. The zero-order valence-corrected chi connectivity index (χ0v) is 17.7. The van der Waals surface area contributed by atoms with Gasteiger partial charge in [-0.15, -0.1) is 0 Å². The van der Waals surface area contributed by atoms with Crippen molar-refractivity contribution in [2.45, 2.75) is 30.7 Å². The van der Waals surface area contributed by atoms with E-state index in [1.54, 1.807) is 6.07 Å². The molecular formula is C21H24N2O6S. The standard InChI is InChI=1S/C21H24N2O6S/c1-14(24)22-17-7-6-16(13-20(17)27-2)30(25,26)23-9-3-4-18(23)15-5-8-19-21(12-15)29-11-10-28-19/h5-8,12-13,18H,3-4,9-11H2,1-2H3,(H,22,24). The maximum atomic E-state index is 13.4. The van der Waals surface area contributed by atoms with Crippen LogP contribution in [0.4, 0.5) is 5.69 Å². The van der Waals surface area contributed by atoms with Crippen LogP contribution >= 0.6 is 0 Å². The number of rotatable bonds is 5. The predicted octanol–water partition coefficient (Wildman–Crippen LogP) is 2.95. The summed E-state index contributed by atoms with van der Waals surface area (Å²) in [5, 5.41) is 2.64. The van der Waals surface area contributed by atoms with E-state index < -0.39 is 10.0 Å². The largest absolute Gasteiger partial charge is 0.495 e. The Morgan fingerprint density at radius 3 is 2.63 bits per heavy atom. The van der Waals surface area contributed by atoms with Crippen molar-refractivity contribution < 1.29 is 27.4 Å². The van der Waals surface area contributed by atoms with Crippen LogP contribution in [0.25, 0.3) is 0 Å². The number of amides is 1. The van der Waals surface area contributed by atoms with Crippen molar-refractivity contribution in [1.29, 1.82) is 0 Å². The average Bonchev–Trinajstić information content (AvgIpc) is 3.24. The van der Waals surface area contributed by atoms with E-state index in [0.29, 0.717) is 42.7 Å². The molecule has 2 heterocycles. The summed E-state index contributed by atoms with van der Waals surface area (Å²) in [6, 6.07) is 9.79. The maximum Gasteiger partial charge on any atom is 0.243 e. The number of carbonyl (C=O) groups excluding carboxylic acids is 1. The first kappa shape index (κ1) is 20.5. The molecule has 0 spiro atoms. The van der Waals surface area contributed by atoms with Crippen LogP contribution in [0.5, 0.6) is 17.2 Å². The van der Waals surface area contributed by atoms with Crippen LogP contribution in [0, 0.1) is 0 Å². The van der Waals surface area contributed by atoms with E-state index in [1.807, 2.05) is 18.2 Å². The topological polar surface area (TPSA) is 94.2 Å². The van der Waals surface area contributed by atoms with Crippen LogP contribution in [-0.4, -0.2) is 45.5 Å². The molecular weight excluding hydrogens is 408 g/mol. The van der Waals surface area contributed by atoms with Crippen molar-refractivity contribution in [3.8, 4) is 17.2 Å². The second kappa shape index (κ2) is 8.16. The number of hydrogen-bond donors (Lipinski definition) is 1. The molecule has 1 saturated heterocycles. The van der Waals surface area contributed by atoms with E-state index >= 15 is 0 Å². The van der Waals surface area contributed by atoms with E-state index in [1.165, 1.54) is 30.5 Å². The van der Waals surface area contributed by atoms with Crippen molar-refractivity contribution in [3.63, 3.8) is 0 Å². The van der Waals surface area contributed by atoms with Crippen LogP contribution in [0.1, 0.15) is 31.4 Å². The number of methoxy groups -OCH3 is 1. The van der Waals surface area contributed by atoms with Gasteiger partial charge >= 0.3 is 0 Å². The first-order valence-electron chi connectivity index (χ1n) is 9.77. The molecule has 0 aromatic heterocycles. The van der Waals surface area contributed by atoms with Gasteiger partial charge in [-0.2, -0.15) is 4.31 Å². The lowest BCUT2D eigenvalue weighted by atomic mass is 10.0. The van der Waals surface area contributed by atoms with E-state index in [0.717, 1.165) is 18.4 Å². The molecule has 30 heavy (non-hydrogen) atoms. The van der Waals surface area contributed by atoms with Crippen molar-refractivity contribution in [2.75, 3.05) is 32.2 Å². The molecule has 9 heteroatoms. The van der Waals surface area contributed by atoms with Gasteiger partial charge in [0.2, 0.25) is 15.9 Å². The molecule has 1 fully saturated rings. The quantitative estimate of drug-likeness (QED) is 0.781. The summed E-state index contributed by atoms with van der Waals surface area (Å²) in [6.45, 7) is 2.79. The normalized spacial score (nSPS) is 18.8. The molecule has 2 aromatic rings. The van der Waals surface area contributed by atoms with Crippen LogP contribution in [0.15, 0.2) is 41.3 Å². The van der Waals surface area contributed by atoms with Crippen molar-refractivity contribution in [1.82, 2.24) is 4.31 Å². The Morgan fingerprint density at radius 2 is 1.90 bits per heavy atom. The summed E-state index contributed by atoms with van der Waals surface area (Å²) >= 11 is 0. The lowest BCUT2D eigenvalue weighted by Crippen LogP contribution is -2.31. The minimum Gasteiger partial charge on any atom is -0.495 e. The highest BCUT2D eigenvalue weighted by Crippen LogP contribution is 2.41. The summed E-state index contributed by atoms with van der Waals surface area (Å²) in [7, 11) is -2.33. The van der Waals surface area contributed by atoms with E-state index in [2.05, 4.69) is 5.32 Å². The molecule has 0 radical (unpaired) electrons. The number of carbonyl (C=O) groups is 1. The minimum atomic E-state index is -3.77. The summed E-state index contributed by atoms with van der Waals surface area (Å²) in [5.41, 5.74) is 1.30. The van der Waals surface area contributed by atoms with E-state index in [4.69, 9.17) is 14.2 Å². The Hall–Kier alpha value is -2.78. The Morgan fingerprint density at radius 1 is 1.13 bits per heavy atom. The Balaban J connectivity index is 1.66. The van der Waals surface area contributed by atoms with Gasteiger partial charge in [-0.05, 0) is 42.7 Å². The highest BCUT2D eigenvalue weighted by Gasteiger charge is 2.37. The molecule has 4 rings (SSSR count). The fourth-order valence-corrected chi connectivity index (χ4v) is 5.59. The van der Waals surface area contributed by atoms with Gasteiger partial charge < -0.3 is 19.5 Å². The molecule has 2 aliphatic rings. The number of nitrogens with one attached hydrogen (secondary N) is 1. The van der Waals surface area contributed by atoms with Crippen molar-refractivity contribution >= 4 is 21.6 Å². The smallest absolute Gasteiger partial charge is 0.243 e. The highest BCUT2D eigenvalue weighted by molar-refractivity contribution is 7.89. The Kier molecular flexibility index (Phi) is 5.57. The van der Waals surface area contributed by atoms with E-state index in [-0.39, 0.29) is 16.8 Å². The second-order valence-corrected chi connectivity index (χ2v) is 9.11. The molecule has 2 aliphatic heterocycles. The van der Waals surface area contributed by atoms with E-state index in [9.17, 15) is 13.2 Å². The van der Waals surface area contributed by atoms with Gasteiger partial charge in [0.15, 0.2) is 11.5 Å². The molecule has 1 amide bonds. The monoisotopic (exact) mass is 432 g/mol. The number of benzene rings is 2. The number of anilines is 1. The first-order valence-corrected chi connectivity index (χ1v) is 11.2. The van der Waals surface area contributed by atoms with Gasteiger partial charge in [0, 0.05) is 19.5 Å². The van der Waals surface area contributed by atoms with Crippen LogP contribution in [-0.2, 0) is 14.8 Å². The molecule has 0 aliphatic carbocycles. The predicted molar refractivity (Wildman–Crippen MR) is 111 cm³/mol. The highest BCUT2D eigenvalue weighted by atomic mass is 32.2. The third-order valence-electron chi connectivity index (χ3n) is 5.24. The maximum absolute atomic E-state index is 13.4. The fourth-order valence-electron chi connectivity index (χ4n) is 3.89. The summed E-state index contributed by atoms with van der Waals surface area (Å²) in [4.78, 5) is 11.5. The van der Waals surface area contributed by atoms with Gasteiger partial charge in [0.1, 0.15) is 19.0 Å². The van der Waals surface area contributed by atoms with Gasteiger partial charge in [-0.1, -0.05) is 6.07 Å². The molecule has 160 valence electrons. The number of hydrogen-bond acceptors (Lipinski definition) is 6. The minimum absolute atomic E-state index is 0.123. The Bertz CT molecular complexity index is 1070. The third kappa shape index (κ3) is 3.82. The summed E-state index contributed by atoms with van der Waals surface area (Å²) in [5.74, 6) is 1.35. The lowest BCUT2D eigenvalue weighted by molar-refractivity contribution is -0.114.